The van der Waals surface area contributed by atoms with Crippen molar-refractivity contribution in [3.05, 3.63) is 30.3 Å². The number of amides is 1. The van der Waals surface area contributed by atoms with Gasteiger partial charge in [0.2, 0.25) is 0 Å². The lowest BCUT2D eigenvalue weighted by molar-refractivity contribution is -0.123. The summed E-state index contributed by atoms with van der Waals surface area (Å²) in [4.78, 5) is 12.4. The van der Waals surface area contributed by atoms with Crippen LogP contribution in [-0.2, 0) is 4.79 Å². The van der Waals surface area contributed by atoms with E-state index in [1.54, 1.807) is 0 Å². The van der Waals surface area contributed by atoms with Gasteiger partial charge >= 0.3 is 0 Å². The van der Waals surface area contributed by atoms with E-state index in [1.807, 2.05) is 30.3 Å². The number of hydrogen-bond acceptors (Lipinski definition) is 3. The highest BCUT2D eigenvalue weighted by molar-refractivity contribution is 7.80. The molecule has 1 aliphatic carbocycles. The van der Waals surface area contributed by atoms with Gasteiger partial charge in [-0.05, 0) is 30.9 Å². The molecular weight excluding hydrogens is 284 g/mol. The molecule has 1 unspecified atom stereocenters. The molecule has 1 aliphatic rings. The molecule has 0 aliphatic heterocycles. The Morgan fingerprint density at radius 2 is 1.95 bits per heavy atom. The lowest BCUT2D eigenvalue weighted by Gasteiger charge is -2.30. The fourth-order valence-electron chi connectivity index (χ4n) is 2.77. The van der Waals surface area contributed by atoms with Crippen molar-refractivity contribution in [3.8, 4) is 5.75 Å². The quantitative estimate of drug-likeness (QED) is 0.792. The lowest BCUT2D eigenvalue weighted by Crippen LogP contribution is -2.50. The van der Waals surface area contributed by atoms with Gasteiger partial charge in [-0.1, -0.05) is 49.7 Å². The van der Waals surface area contributed by atoms with Crippen LogP contribution in [0.5, 0.6) is 5.75 Å². The summed E-state index contributed by atoms with van der Waals surface area (Å²) in [6, 6.07) is 9.06. The summed E-state index contributed by atoms with van der Waals surface area (Å²) in [5, 5.41) is 2.93. The molecule has 1 saturated carbocycles. The van der Waals surface area contributed by atoms with E-state index < -0.39 is 0 Å². The minimum Gasteiger partial charge on any atom is -0.484 e. The number of carbonyl (C=O) groups is 1. The average molecular weight is 306 g/mol. The number of nitrogens with two attached hydrogens (primary N) is 1. The van der Waals surface area contributed by atoms with Gasteiger partial charge in [0.1, 0.15) is 5.75 Å². The molecule has 114 valence electrons. The van der Waals surface area contributed by atoms with Crippen LogP contribution >= 0.6 is 12.2 Å². The van der Waals surface area contributed by atoms with Crippen molar-refractivity contribution in [2.45, 2.75) is 38.1 Å². The summed E-state index contributed by atoms with van der Waals surface area (Å²) >= 11 is 5.12. The predicted molar refractivity (Wildman–Crippen MR) is 87.2 cm³/mol. The zero-order valence-corrected chi connectivity index (χ0v) is 12.9. The highest BCUT2D eigenvalue weighted by Gasteiger charge is 2.27. The first-order valence-electron chi connectivity index (χ1n) is 7.43. The first-order chi connectivity index (χ1) is 10.2. The van der Waals surface area contributed by atoms with E-state index in [-0.39, 0.29) is 18.6 Å². The molecule has 1 aromatic rings. The largest absolute Gasteiger partial charge is 0.484 e. The first-order valence-corrected chi connectivity index (χ1v) is 7.84. The Hall–Kier alpha value is -1.62. The van der Waals surface area contributed by atoms with Crippen molar-refractivity contribution in [2.75, 3.05) is 6.61 Å². The van der Waals surface area contributed by atoms with Crippen molar-refractivity contribution >= 4 is 23.1 Å². The second-order valence-electron chi connectivity index (χ2n) is 5.45. The third kappa shape index (κ3) is 5.01. The van der Waals surface area contributed by atoms with Crippen LogP contribution in [0.4, 0.5) is 0 Å². The van der Waals surface area contributed by atoms with Gasteiger partial charge in [0, 0.05) is 0 Å². The SMILES string of the molecule is NC(=S)C(NC(=O)COc1ccccc1)C1CCCCC1. The molecule has 1 fully saturated rings. The highest BCUT2D eigenvalue weighted by Crippen LogP contribution is 2.26. The first kappa shape index (κ1) is 15.8. The maximum Gasteiger partial charge on any atom is 0.258 e. The van der Waals surface area contributed by atoms with E-state index in [0.29, 0.717) is 16.7 Å². The second kappa shape index (κ2) is 7.98. The fourth-order valence-corrected chi connectivity index (χ4v) is 3.02. The Morgan fingerprint density at radius 3 is 2.57 bits per heavy atom. The normalized spacial score (nSPS) is 17.0. The molecule has 0 radical (unpaired) electrons. The van der Waals surface area contributed by atoms with E-state index in [4.69, 9.17) is 22.7 Å². The Labute approximate surface area is 131 Å². The smallest absolute Gasteiger partial charge is 0.258 e. The van der Waals surface area contributed by atoms with E-state index in [9.17, 15) is 4.79 Å². The molecule has 3 N–H and O–H groups in total. The van der Waals surface area contributed by atoms with Gasteiger partial charge in [0.05, 0.1) is 11.0 Å². The number of hydrogen-bond donors (Lipinski definition) is 2. The maximum atomic E-state index is 12.0. The van der Waals surface area contributed by atoms with Crippen molar-refractivity contribution in [2.24, 2.45) is 11.7 Å². The average Bonchev–Trinajstić information content (AvgIpc) is 2.52. The van der Waals surface area contributed by atoms with Crippen molar-refractivity contribution in [3.63, 3.8) is 0 Å². The number of ether oxygens (including phenoxy) is 1. The summed E-state index contributed by atoms with van der Waals surface area (Å²) in [5.74, 6) is 0.858. The van der Waals surface area contributed by atoms with Gasteiger partial charge in [-0.2, -0.15) is 0 Å². The number of nitrogens with one attached hydrogen (secondary N) is 1. The van der Waals surface area contributed by atoms with Crippen LogP contribution in [0.3, 0.4) is 0 Å². The maximum absolute atomic E-state index is 12.0. The minimum absolute atomic E-state index is 0.0180. The van der Waals surface area contributed by atoms with Crippen LogP contribution in [0, 0.1) is 5.92 Å². The summed E-state index contributed by atoms with van der Waals surface area (Å²) in [6.45, 7) is -0.0180. The standard InChI is InChI=1S/C16H22N2O2S/c17-16(21)15(12-7-3-1-4-8-12)18-14(19)11-20-13-9-5-2-6-10-13/h2,5-6,9-10,12,15H,1,3-4,7-8,11H2,(H2,17,21)(H,18,19). The summed E-state index contributed by atoms with van der Waals surface area (Å²) in [6.07, 6.45) is 5.76. The Kier molecular flexibility index (Phi) is 5.99. The molecule has 1 amide bonds. The van der Waals surface area contributed by atoms with Crippen LogP contribution < -0.4 is 15.8 Å². The van der Waals surface area contributed by atoms with Crippen molar-refractivity contribution in [1.82, 2.24) is 5.32 Å². The van der Waals surface area contributed by atoms with E-state index in [0.717, 1.165) is 12.8 Å². The lowest BCUT2D eigenvalue weighted by atomic mass is 9.84. The molecule has 1 aromatic carbocycles. The van der Waals surface area contributed by atoms with Gasteiger partial charge in [-0.25, -0.2) is 0 Å². The van der Waals surface area contributed by atoms with Crippen molar-refractivity contribution < 1.29 is 9.53 Å². The molecule has 21 heavy (non-hydrogen) atoms. The second-order valence-corrected chi connectivity index (χ2v) is 5.92. The molecule has 0 heterocycles. The summed E-state index contributed by atoms with van der Waals surface area (Å²) in [7, 11) is 0. The molecule has 0 saturated heterocycles. The molecule has 2 rings (SSSR count). The summed E-state index contributed by atoms with van der Waals surface area (Å²) in [5.41, 5.74) is 5.80. The van der Waals surface area contributed by atoms with Crippen LogP contribution in [0.25, 0.3) is 0 Å². The fraction of sp³-hybridized carbons (Fsp3) is 0.500. The van der Waals surface area contributed by atoms with Gasteiger partial charge in [-0.15, -0.1) is 0 Å². The van der Waals surface area contributed by atoms with Gasteiger partial charge in [0.15, 0.2) is 6.61 Å². The minimum atomic E-state index is -0.216. The number of rotatable bonds is 6. The van der Waals surface area contributed by atoms with Gasteiger partial charge in [0.25, 0.3) is 5.91 Å². The topological polar surface area (TPSA) is 64.3 Å². The number of para-hydroxylation sites is 1. The Morgan fingerprint density at radius 1 is 1.29 bits per heavy atom. The monoisotopic (exact) mass is 306 g/mol. The number of carbonyl (C=O) groups excluding carboxylic acids is 1. The Balaban J connectivity index is 1.84. The van der Waals surface area contributed by atoms with Crippen molar-refractivity contribution in [1.29, 1.82) is 0 Å². The molecule has 5 heteroatoms. The molecule has 0 spiro atoms. The van der Waals surface area contributed by atoms with Gasteiger partial charge in [-0.3, -0.25) is 4.79 Å². The number of thiocarbonyl (C=S) groups is 1. The Bertz CT molecular complexity index is 472. The molecule has 0 bridgehead atoms. The van der Waals surface area contributed by atoms with Crippen LogP contribution in [-0.4, -0.2) is 23.5 Å². The zero-order valence-electron chi connectivity index (χ0n) is 12.1. The van der Waals surface area contributed by atoms with E-state index in [1.165, 1.54) is 19.3 Å². The van der Waals surface area contributed by atoms with E-state index >= 15 is 0 Å². The predicted octanol–water partition coefficient (Wildman–Crippen LogP) is 2.42. The molecule has 0 aromatic heterocycles. The number of benzene rings is 1. The third-order valence-electron chi connectivity index (χ3n) is 3.86. The van der Waals surface area contributed by atoms with Crippen LogP contribution in [0.15, 0.2) is 30.3 Å². The van der Waals surface area contributed by atoms with E-state index in [2.05, 4.69) is 5.32 Å². The molecule has 4 nitrogen and oxygen atoms in total. The van der Waals surface area contributed by atoms with Gasteiger partial charge < -0.3 is 15.8 Å². The molecule has 1 atom stereocenters. The molecular formula is C16H22N2O2S. The highest BCUT2D eigenvalue weighted by atomic mass is 32.1. The third-order valence-corrected chi connectivity index (χ3v) is 4.11. The summed E-state index contributed by atoms with van der Waals surface area (Å²) < 4.78 is 5.44. The zero-order chi connectivity index (χ0) is 15.1. The van der Waals surface area contributed by atoms with Crippen LogP contribution in [0.2, 0.25) is 0 Å². The van der Waals surface area contributed by atoms with Crippen LogP contribution in [0.1, 0.15) is 32.1 Å².